The number of hydrogen-bond donors (Lipinski definition) is 1. The first kappa shape index (κ1) is 28.3. The van der Waals surface area contributed by atoms with Gasteiger partial charge in [-0.25, -0.2) is 4.98 Å². The summed E-state index contributed by atoms with van der Waals surface area (Å²) in [4.78, 5) is 10.1. The minimum atomic E-state index is -0.223. The monoisotopic (exact) mass is 585 g/mol. The molecule has 0 aliphatic rings. The molecule has 4 heteroatoms. The van der Waals surface area contributed by atoms with E-state index in [9.17, 15) is 5.11 Å². The highest BCUT2D eigenvalue weighted by Crippen LogP contribution is 2.41. The molecule has 1 N–H and O–H groups in total. The average Bonchev–Trinajstić information content (AvgIpc) is 3.45. The van der Waals surface area contributed by atoms with Crippen molar-refractivity contribution in [1.29, 1.82) is 0 Å². The Balaban J connectivity index is 1.41. The van der Waals surface area contributed by atoms with Gasteiger partial charge in [0.1, 0.15) is 11.6 Å². The molecule has 0 bridgehead atoms. The molecule has 0 fully saturated rings. The van der Waals surface area contributed by atoms with E-state index in [-0.39, 0.29) is 11.2 Å². The molecule has 0 spiro atoms. The van der Waals surface area contributed by atoms with Crippen molar-refractivity contribution in [2.75, 3.05) is 0 Å². The largest absolute Gasteiger partial charge is 0.507 e. The Morgan fingerprint density at radius 2 is 1.27 bits per heavy atom. The van der Waals surface area contributed by atoms with Gasteiger partial charge in [-0.15, -0.1) is 0 Å². The van der Waals surface area contributed by atoms with Crippen molar-refractivity contribution < 1.29 is 5.11 Å². The van der Waals surface area contributed by atoms with E-state index in [1.54, 1.807) is 0 Å². The standard InChI is InChI=1S/C41H35N3O/c1-27-26-42-36(25-34(27)28-14-7-5-8-15-28)30-17-11-16-29(24-30)32-20-13-23-37-38(32)43-40(44(37)31-18-9-6-10-19-31)33-21-12-22-35(39(33)45)41(2,3)4/h5-26,45H,1-4H3. The van der Waals surface area contributed by atoms with Gasteiger partial charge in [0, 0.05) is 23.0 Å². The highest BCUT2D eigenvalue weighted by Gasteiger charge is 2.24. The first-order valence-corrected chi connectivity index (χ1v) is 15.3. The maximum atomic E-state index is 11.6. The number of fused-ring (bicyclic) bond motifs is 1. The predicted octanol–water partition coefficient (Wildman–Crippen LogP) is 10.4. The van der Waals surface area contributed by atoms with Crippen LogP contribution in [-0.2, 0) is 5.41 Å². The van der Waals surface area contributed by atoms with Gasteiger partial charge in [-0.05, 0) is 76.6 Å². The molecule has 0 aliphatic carbocycles. The zero-order valence-electron chi connectivity index (χ0n) is 26.0. The van der Waals surface area contributed by atoms with Gasteiger partial charge in [0.25, 0.3) is 0 Å². The molecule has 0 radical (unpaired) electrons. The van der Waals surface area contributed by atoms with E-state index >= 15 is 0 Å². The Morgan fingerprint density at radius 1 is 0.622 bits per heavy atom. The van der Waals surface area contributed by atoms with Crippen LogP contribution in [0.2, 0.25) is 0 Å². The Bertz CT molecular complexity index is 2160. The zero-order valence-corrected chi connectivity index (χ0v) is 26.0. The summed E-state index contributed by atoms with van der Waals surface area (Å²) in [5.74, 6) is 0.969. The molecule has 5 aromatic carbocycles. The van der Waals surface area contributed by atoms with Crippen LogP contribution in [0.15, 0.2) is 134 Å². The number of aryl methyl sites for hydroxylation is 1. The topological polar surface area (TPSA) is 50.9 Å². The number of imidazole rings is 1. The van der Waals surface area contributed by atoms with Crippen molar-refractivity contribution in [3.8, 4) is 56.3 Å². The number of para-hydroxylation sites is 3. The van der Waals surface area contributed by atoms with Crippen molar-refractivity contribution in [3.63, 3.8) is 0 Å². The van der Waals surface area contributed by atoms with Gasteiger partial charge in [0.05, 0.1) is 22.3 Å². The molecule has 2 heterocycles. The minimum absolute atomic E-state index is 0.223. The van der Waals surface area contributed by atoms with Gasteiger partial charge in [0.2, 0.25) is 0 Å². The fraction of sp³-hybridized carbons (Fsp3) is 0.122. The summed E-state index contributed by atoms with van der Waals surface area (Å²) in [6, 6.07) is 43.6. The van der Waals surface area contributed by atoms with Crippen LogP contribution in [0.4, 0.5) is 0 Å². The Labute approximate surface area is 264 Å². The number of phenols is 1. The van der Waals surface area contributed by atoms with Crippen LogP contribution >= 0.6 is 0 Å². The fourth-order valence-corrected chi connectivity index (χ4v) is 6.14. The molecular formula is C41H35N3O. The number of pyridine rings is 1. The predicted molar refractivity (Wildman–Crippen MR) is 186 cm³/mol. The first-order chi connectivity index (χ1) is 21.8. The van der Waals surface area contributed by atoms with Gasteiger partial charge < -0.3 is 5.11 Å². The van der Waals surface area contributed by atoms with E-state index in [2.05, 4.69) is 117 Å². The lowest BCUT2D eigenvalue weighted by molar-refractivity contribution is 0.448. The third-order valence-electron chi connectivity index (χ3n) is 8.44. The first-order valence-electron chi connectivity index (χ1n) is 15.3. The molecular weight excluding hydrogens is 550 g/mol. The van der Waals surface area contributed by atoms with Gasteiger partial charge in [-0.2, -0.15) is 0 Å². The van der Waals surface area contributed by atoms with Crippen LogP contribution < -0.4 is 0 Å². The third kappa shape index (κ3) is 5.19. The molecule has 0 saturated heterocycles. The van der Waals surface area contributed by atoms with Crippen LogP contribution in [0.3, 0.4) is 0 Å². The smallest absolute Gasteiger partial charge is 0.149 e. The lowest BCUT2D eigenvalue weighted by Crippen LogP contribution is -2.11. The molecule has 0 unspecified atom stereocenters. The van der Waals surface area contributed by atoms with E-state index in [4.69, 9.17) is 9.97 Å². The van der Waals surface area contributed by atoms with Crippen molar-refractivity contribution in [2.24, 2.45) is 0 Å². The van der Waals surface area contributed by atoms with Crippen LogP contribution in [0.5, 0.6) is 5.75 Å². The second-order valence-electron chi connectivity index (χ2n) is 12.6. The highest BCUT2D eigenvalue weighted by atomic mass is 16.3. The van der Waals surface area contributed by atoms with E-state index in [0.717, 1.165) is 50.2 Å². The summed E-state index contributed by atoms with van der Waals surface area (Å²) in [7, 11) is 0. The SMILES string of the molecule is Cc1cnc(-c2cccc(-c3cccc4c3nc(-c3cccc(C(C)(C)C)c3O)n4-c3ccccc3)c2)cc1-c1ccccc1. The summed E-state index contributed by atoms with van der Waals surface area (Å²) in [5.41, 5.74) is 11.7. The van der Waals surface area contributed by atoms with E-state index in [1.807, 2.05) is 48.7 Å². The molecule has 45 heavy (non-hydrogen) atoms. The van der Waals surface area contributed by atoms with Crippen molar-refractivity contribution in [3.05, 3.63) is 145 Å². The Morgan fingerprint density at radius 3 is 2.02 bits per heavy atom. The van der Waals surface area contributed by atoms with Gasteiger partial charge in [0.15, 0.2) is 0 Å². The lowest BCUT2D eigenvalue weighted by atomic mass is 9.85. The quantitative estimate of drug-likeness (QED) is 0.219. The van der Waals surface area contributed by atoms with E-state index < -0.39 is 0 Å². The molecule has 0 saturated carbocycles. The van der Waals surface area contributed by atoms with Crippen LogP contribution in [-0.4, -0.2) is 19.6 Å². The molecule has 2 aromatic heterocycles. The molecule has 7 rings (SSSR count). The normalized spacial score (nSPS) is 11.6. The summed E-state index contributed by atoms with van der Waals surface area (Å²) < 4.78 is 2.15. The number of phenolic OH excluding ortho intramolecular Hbond substituents is 1. The van der Waals surface area contributed by atoms with Crippen molar-refractivity contribution in [2.45, 2.75) is 33.1 Å². The molecule has 0 atom stereocenters. The van der Waals surface area contributed by atoms with Crippen molar-refractivity contribution >= 4 is 11.0 Å². The van der Waals surface area contributed by atoms with Gasteiger partial charge in [-0.1, -0.05) is 112 Å². The van der Waals surface area contributed by atoms with Gasteiger partial charge >= 0.3 is 0 Å². The number of benzene rings is 5. The highest BCUT2D eigenvalue weighted by molar-refractivity contribution is 5.96. The summed E-state index contributed by atoms with van der Waals surface area (Å²) in [6.07, 6.45) is 1.96. The Kier molecular flexibility index (Phi) is 7.06. The van der Waals surface area contributed by atoms with E-state index in [1.165, 1.54) is 11.1 Å². The second-order valence-corrected chi connectivity index (χ2v) is 12.6. The maximum Gasteiger partial charge on any atom is 0.149 e. The fourth-order valence-electron chi connectivity index (χ4n) is 6.14. The van der Waals surface area contributed by atoms with E-state index in [0.29, 0.717) is 11.4 Å². The van der Waals surface area contributed by atoms with Crippen molar-refractivity contribution in [1.82, 2.24) is 14.5 Å². The van der Waals surface area contributed by atoms with Crippen LogP contribution in [0.25, 0.3) is 61.6 Å². The summed E-state index contributed by atoms with van der Waals surface area (Å²) >= 11 is 0. The Hall–Kier alpha value is -5.48. The average molecular weight is 586 g/mol. The lowest BCUT2D eigenvalue weighted by Gasteiger charge is -2.22. The van der Waals surface area contributed by atoms with Gasteiger partial charge in [-0.3, -0.25) is 9.55 Å². The maximum absolute atomic E-state index is 11.6. The number of aromatic hydroxyl groups is 1. The minimum Gasteiger partial charge on any atom is -0.507 e. The molecule has 220 valence electrons. The number of rotatable bonds is 5. The molecule has 0 aliphatic heterocycles. The molecule has 0 amide bonds. The molecule has 4 nitrogen and oxygen atoms in total. The van der Waals surface area contributed by atoms with Crippen LogP contribution in [0.1, 0.15) is 31.9 Å². The number of hydrogen-bond acceptors (Lipinski definition) is 3. The second kappa shape index (κ2) is 11.2. The van der Waals surface area contributed by atoms with Crippen LogP contribution in [0, 0.1) is 6.92 Å². The summed E-state index contributed by atoms with van der Waals surface area (Å²) in [5, 5.41) is 11.6. The zero-order chi connectivity index (χ0) is 31.1. The number of nitrogens with zero attached hydrogens (tertiary/aromatic N) is 3. The third-order valence-corrected chi connectivity index (χ3v) is 8.44. The molecule has 7 aromatic rings. The number of aromatic nitrogens is 3. The summed E-state index contributed by atoms with van der Waals surface area (Å²) in [6.45, 7) is 8.44.